The summed E-state index contributed by atoms with van der Waals surface area (Å²) in [6.07, 6.45) is 0.288. The van der Waals surface area contributed by atoms with Crippen molar-refractivity contribution in [3.8, 4) is 0 Å². The van der Waals surface area contributed by atoms with E-state index in [4.69, 9.17) is 5.11 Å². The van der Waals surface area contributed by atoms with Crippen molar-refractivity contribution < 1.29 is 23.9 Å². The number of anilines is 3. The highest BCUT2D eigenvalue weighted by molar-refractivity contribution is 6.08. The second-order valence-electron chi connectivity index (χ2n) is 7.50. The van der Waals surface area contributed by atoms with Gasteiger partial charge in [-0.3, -0.25) is 14.3 Å². The number of halogens is 1. The number of nitrogens with one attached hydrogen (secondary N) is 1. The van der Waals surface area contributed by atoms with Crippen LogP contribution >= 0.6 is 0 Å². The third-order valence-electron chi connectivity index (χ3n) is 5.30. The number of hydrogen-bond acceptors (Lipinski definition) is 5. The highest BCUT2D eigenvalue weighted by Crippen LogP contribution is 2.37. The minimum atomic E-state index is -1.49. The topological polar surface area (TPSA) is 108 Å². The zero-order valence-electron chi connectivity index (χ0n) is 17.4. The van der Waals surface area contributed by atoms with Gasteiger partial charge in [0.05, 0.1) is 30.7 Å². The molecule has 1 aliphatic heterocycles. The average molecular weight is 437 g/mol. The van der Waals surface area contributed by atoms with Gasteiger partial charge in [-0.2, -0.15) is 5.10 Å². The number of aromatic nitrogens is 2. The Bertz CT molecular complexity index is 1240. The van der Waals surface area contributed by atoms with E-state index in [9.17, 15) is 18.8 Å². The Balaban J connectivity index is 1.70. The smallest absolute Gasteiger partial charge is 0.414 e. The molecule has 10 heteroatoms. The molecule has 2 aromatic carbocycles. The molecule has 32 heavy (non-hydrogen) atoms. The van der Waals surface area contributed by atoms with Crippen molar-refractivity contribution in [2.24, 2.45) is 7.05 Å². The van der Waals surface area contributed by atoms with E-state index in [-0.39, 0.29) is 24.1 Å². The Labute approximate surface area is 182 Å². The number of fused-ring (bicyclic) bond motifs is 2. The third-order valence-corrected chi connectivity index (χ3v) is 5.30. The molecule has 3 amide bonds. The number of aryl methyl sites for hydroxylation is 2. The summed E-state index contributed by atoms with van der Waals surface area (Å²) in [4.78, 5) is 37.2. The first kappa shape index (κ1) is 21.0. The Kier molecular flexibility index (Phi) is 5.35. The second-order valence-corrected chi connectivity index (χ2v) is 7.50. The monoisotopic (exact) mass is 437 g/mol. The maximum Gasteiger partial charge on any atom is 0.414 e. The number of carbonyl (C=O) groups excluding carboxylic acids is 2. The van der Waals surface area contributed by atoms with E-state index in [0.717, 1.165) is 28.7 Å². The summed E-state index contributed by atoms with van der Waals surface area (Å²) in [5.41, 5.74) is 3.25. The lowest BCUT2D eigenvalue weighted by molar-refractivity contribution is -0.116. The van der Waals surface area contributed by atoms with Gasteiger partial charge in [-0.1, -0.05) is 12.1 Å². The first-order valence-corrected chi connectivity index (χ1v) is 9.72. The Morgan fingerprint density at radius 3 is 2.75 bits per heavy atom. The number of hydrogen-bond donors (Lipinski definition) is 2. The zero-order chi connectivity index (χ0) is 23.0. The molecule has 2 N–H and O–H groups in total. The van der Waals surface area contributed by atoms with Gasteiger partial charge >= 0.3 is 6.09 Å². The fraction of sp³-hybridized carbons (Fsp3) is 0.182. The molecule has 1 aliphatic rings. The quantitative estimate of drug-likeness (QED) is 0.606. The van der Waals surface area contributed by atoms with Crippen molar-refractivity contribution in [2.75, 3.05) is 10.2 Å². The molecule has 164 valence electrons. The summed E-state index contributed by atoms with van der Waals surface area (Å²) in [7, 11) is 1.80. The number of carbonyl (C=O) groups is 3. The van der Waals surface area contributed by atoms with E-state index < -0.39 is 24.4 Å². The first-order valence-electron chi connectivity index (χ1n) is 9.72. The van der Waals surface area contributed by atoms with Gasteiger partial charge < -0.3 is 15.3 Å². The molecule has 3 aromatic rings. The number of nitrogens with zero attached hydrogens (tertiary/aromatic N) is 4. The van der Waals surface area contributed by atoms with Crippen LogP contribution in [-0.2, 0) is 24.9 Å². The highest BCUT2D eigenvalue weighted by atomic mass is 19.1. The molecule has 0 fully saturated rings. The second kappa shape index (κ2) is 8.14. The van der Waals surface area contributed by atoms with Crippen LogP contribution in [0.25, 0.3) is 0 Å². The average Bonchev–Trinajstić information content (AvgIpc) is 3.01. The normalized spacial score (nSPS) is 12.3. The van der Waals surface area contributed by atoms with Gasteiger partial charge in [0, 0.05) is 23.7 Å². The third kappa shape index (κ3) is 3.78. The van der Waals surface area contributed by atoms with Crippen molar-refractivity contribution in [3.63, 3.8) is 0 Å². The SMILES string of the molecule is Cc1ccc2c(c1)Nc1c(cnn1C)CN2C(=O)c1ccc(CN(C=O)C(=O)O)c(F)c1. The van der Waals surface area contributed by atoms with Gasteiger partial charge in [0.2, 0.25) is 6.41 Å². The summed E-state index contributed by atoms with van der Waals surface area (Å²) < 4.78 is 16.4. The maximum absolute atomic E-state index is 14.7. The van der Waals surface area contributed by atoms with Gasteiger partial charge in [0.25, 0.3) is 5.91 Å². The van der Waals surface area contributed by atoms with E-state index in [1.165, 1.54) is 12.1 Å². The minimum Gasteiger partial charge on any atom is -0.465 e. The lowest BCUT2D eigenvalue weighted by atomic mass is 10.1. The Hall–Kier alpha value is -4.21. The molecule has 0 bridgehead atoms. The van der Waals surface area contributed by atoms with Gasteiger partial charge in [0.1, 0.15) is 11.6 Å². The number of carboxylic acid groups (broad SMARTS) is 1. The van der Waals surface area contributed by atoms with Crippen molar-refractivity contribution in [3.05, 3.63) is 70.7 Å². The van der Waals surface area contributed by atoms with Gasteiger partial charge in [0.15, 0.2) is 0 Å². The van der Waals surface area contributed by atoms with Crippen molar-refractivity contribution >= 4 is 35.6 Å². The molecular weight excluding hydrogens is 417 g/mol. The maximum atomic E-state index is 14.7. The van der Waals surface area contributed by atoms with Gasteiger partial charge in [-0.15, -0.1) is 0 Å². The molecule has 9 nitrogen and oxygen atoms in total. The largest absolute Gasteiger partial charge is 0.465 e. The van der Waals surface area contributed by atoms with E-state index in [1.807, 2.05) is 25.1 Å². The minimum absolute atomic E-state index is 0.0147. The molecule has 2 heterocycles. The standard InChI is InChI=1S/C22H20FN5O4/c1-13-3-6-19-18(7-13)25-20-16(9-24-26(20)2)11-28(19)21(30)14-4-5-15(17(23)8-14)10-27(12-29)22(31)32/h3-9,12,25H,10-11H2,1-2H3,(H,31,32). The van der Waals surface area contributed by atoms with E-state index in [0.29, 0.717) is 10.6 Å². The Morgan fingerprint density at radius 2 is 2.06 bits per heavy atom. The number of rotatable bonds is 4. The summed E-state index contributed by atoms with van der Waals surface area (Å²) in [5.74, 6) is -0.441. The fourth-order valence-corrected chi connectivity index (χ4v) is 3.61. The molecule has 0 aliphatic carbocycles. The predicted octanol–water partition coefficient (Wildman–Crippen LogP) is 3.41. The number of imide groups is 1. The molecule has 0 saturated carbocycles. The molecule has 0 atom stereocenters. The predicted molar refractivity (Wildman–Crippen MR) is 114 cm³/mol. The van der Waals surface area contributed by atoms with Crippen LogP contribution in [0, 0.1) is 12.7 Å². The van der Waals surface area contributed by atoms with Crippen LogP contribution in [0.5, 0.6) is 0 Å². The van der Waals surface area contributed by atoms with E-state index >= 15 is 0 Å². The van der Waals surface area contributed by atoms with Gasteiger partial charge in [-0.25, -0.2) is 14.1 Å². The first-order chi connectivity index (χ1) is 15.3. The molecule has 0 saturated heterocycles. The molecule has 0 unspecified atom stereocenters. The molecule has 0 radical (unpaired) electrons. The molecular formula is C22H20FN5O4. The van der Waals surface area contributed by atoms with Crippen molar-refractivity contribution in [2.45, 2.75) is 20.0 Å². The van der Waals surface area contributed by atoms with Crippen LogP contribution in [0.4, 0.5) is 26.4 Å². The summed E-state index contributed by atoms with van der Waals surface area (Å²) >= 11 is 0. The molecule has 0 spiro atoms. The summed E-state index contributed by atoms with van der Waals surface area (Å²) in [6, 6.07) is 9.42. The van der Waals surface area contributed by atoms with Crippen LogP contribution in [0.1, 0.15) is 27.0 Å². The van der Waals surface area contributed by atoms with Crippen LogP contribution in [0.3, 0.4) is 0 Å². The van der Waals surface area contributed by atoms with Crippen LogP contribution in [-0.4, -0.2) is 38.2 Å². The summed E-state index contributed by atoms with van der Waals surface area (Å²) in [6.45, 7) is 1.72. The number of benzene rings is 2. The molecule has 4 rings (SSSR count). The lowest BCUT2D eigenvalue weighted by Gasteiger charge is -2.23. The highest BCUT2D eigenvalue weighted by Gasteiger charge is 2.27. The van der Waals surface area contributed by atoms with Crippen molar-refractivity contribution in [1.82, 2.24) is 14.7 Å². The van der Waals surface area contributed by atoms with Crippen LogP contribution in [0.2, 0.25) is 0 Å². The lowest BCUT2D eigenvalue weighted by Crippen LogP contribution is -2.30. The zero-order valence-corrected chi connectivity index (χ0v) is 17.4. The summed E-state index contributed by atoms with van der Waals surface area (Å²) in [5, 5.41) is 16.5. The van der Waals surface area contributed by atoms with E-state index in [2.05, 4.69) is 10.4 Å². The van der Waals surface area contributed by atoms with Gasteiger partial charge in [-0.05, 0) is 36.8 Å². The fourth-order valence-electron chi connectivity index (χ4n) is 3.61. The Morgan fingerprint density at radius 1 is 1.28 bits per heavy atom. The van der Waals surface area contributed by atoms with Crippen LogP contribution in [0.15, 0.2) is 42.6 Å². The number of amides is 3. The molecule has 1 aromatic heterocycles. The van der Waals surface area contributed by atoms with E-state index in [1.54, 1.807) is 22.8 Å². The van der Waals surface area contributed by atoms with Crippen LogP contribution < -0.4 is 10.2 Å². The van der Waals surface area contributed by atoms with Crippen molar-refractivity contribution in [1.29, 1.82) is 0 Å².